The lowest BCUT2D eigenvalue weighted by molar-refractivity contribution is -0.141. The number of aromatic nitrogens is 1. The summed E-state index contributed by atoms with van der Waals surface area (Å²) in [4.78, 5) is 15.9. The average Bonchev–Trinajstić information content (AvgIpc) is 2.43. The summed E-state index contributed by atoms with van der Waals surface area (Å²) in [5.41, 5.74) is 3.03. The smallest absolute Gasteiger partial charge is 0.307 e. The molecule has 0 fully saturated rings. The Hall–Kier alpha value is -1.94. The average molecular weight is 258 g/mol. The molecule has 1 aromatic heterocycles. The van der Waals surface area contributed by atoms with Crippen molar-refractivity contribution in [3.05, 3.63) is 41.6 Å². The first-order valence-corrected chi connectivity index (χ1v) is 6.25. The minimum Gasteiger partial charge on any atom is -0.469 e. The molecule has 0 aliphatic carbocycles. The topological polar surface area (TPSA) is 51.2 Å². The molecule has 100 valence electrons. The van der Waals surface area contributed by atoms with Gasteiger partial charge in [-0.2, -0.15) is 0 Å². The molecule has 0 radical (unpaired) electrons. The SMILES string of the molecule is CNC(CC(=O)OC)c1ccc2nc(C)ccc2c1. The van der Waals surface area contributed by atoms with E-state index < -0.39 is 0 Å². The van der Waals surface area contributed by atoms with E-state index in [1.807, 2.05) is 38.2 Å². The normalized spacial score (nSPS) is 12.4. The van der Waals surface area contributed by atoms with Gasteiger partial charge in [-0.15, -0.1) is 0 Å². The van der Waals surface area contributed by atoms with Crippen LogP contribution in [0.5, 0.6) is 0 Å². The maximum atomic E-state index is 11.4. The second-order valence-electron chi connectivity index (χ2n) is 4.53. The van der Waals surface area contributed by atoms with Crippen molar-refractivity contribution in [1.29, 1.82) is 0 Å². The van der Waals surface area contributed by atoms with Gasteiger partial charge >= 0.3 is 5.97 Å². The fraction of sp³-hybridized carbons (Fsp3) is 0.333. The number of ether oxygens (including phenoxy) is 1. The van der Waals surface area contributed by atoms with Crippen LogP contribution in [-0.4, -0.2) is 25.1 Å². The number of carbonyl (C=O) groups is 1. The third-order valence-corrected chi connectivity index (χ3v) is 3.20. The predicted octanol–water partition coefficient (Wildman–Crippen LogP) is 2.37. The van der Waals surface area contributed by atoms with E-state index in [1.54, 1.807) is 0 Å². The molecule has 1 aromatic carbocycles. The number of fused-ring (bicyclic) bond motifs is 1. The van der Waals surface area contributed by atoms with Crippen LogP contribution in [0.1, 0.15) is 23.7 Å². The van der Waals surface area contributed by atoms with Crippen molar-refractivity contribution < 1.29 is 9.53 Å². The number of carbonyl (C=O) groups excluding carboxylic acids is 1. The molecule has 2 rings (SSSR count). The second-order valence-corrected chi connectivity index (χ2v) is 4.53. The van der Waals surface area contributed by atoms with E-state index in [0.29, 0.717) is 6.42 Å². The van der Waals surface area contributed by atoms with Gasteiger partial charge in [0.2, 0.25) is 0 Å². The predicted molar refractivity (Wildman–Crippen MR) is 74.9 cm³/mol. The first-order valence-electron chi connectivity index (χ1n) is 6.25. The lowest BCUT2D eigenvalue weighted by atomic mass is 10.0. The molecule has 0 bridgehead atoms. The van der Waals surface area contributed by atoms with Gasteiger partial charge in [-0.3, -0.25) is 9.78 Å². The van der Waals surface area contributed by atoms with Crippen molar-refractivity contribution in [3.8, 4) is 0 Å². The zero-order valence-corrected chi connectivity index (χ0v) is 11.4. The van der Waals surface area contributed by atoms with E-state index in [-0.39, 0.29) is 12.0 Å². The largest absolute Gasteiger partial charge is 0.469 e. The van der Waals surface area contributed by atoms with E-state index in [4.69, 9.17) is 4.74 Å². The van der Waals surface area contributed by atoms with E-state index >= 15 is 0 Å². The quantitative estimate of drug-likeness (QED) is 0.855. The minimum absolute atomic E-state index is 0.0434. The highest BCUT2D eigenvalue weighted by molar-refractivity contribution is 5.80. The molecule has 4 heteroatoms. The first kappa shape index (κ1) is 13.5. The maximum absolute atomic E-state index is 11.4. The summed E-state index contributed by atoms with van der Waals surface area (Å²) in [5.74, 6) is -0.221. The van der Waals surface area contributed by atoms with Gasteiger partial charge in [0.1, 0.15) is 0 Å². The van der Waals surface area contributed by atoms with E-state index in [2.05, 4.69) is 16.4 Å². The van der Waals surface area contributed by atoms with Crippen molar-refractivity contribution in [3.63, 3.8) is 0 Å². The summed E-state index contributed by atoms with van der Waals surface area (Å²) in [7, 11) is 3.24. The Labute approximate surface area is 112 Å². The van der Waals surface area contributed by atoms with Gasteiger partial charge in [-0.05, 0) is 37.7 Å². The monoisotopic (exact) mass is 258 g/mol. The Morgan fingerprint density at radius 2 is 2.16 bits per heavy atom. The highest BCUT2D eigenvalue weighted by Gasteiger charge is 2.14. The maximum Gasteiger partial charge on any atom is 0.307 e. The molecule has 1 heterocycles. The molecule has 0 aliphatic rings. The number of methoxy groups -OCH3 is 1. The highest BCUT2D eigenvalue weighted by Crippen LogP contribution is 2.22. The summed E-state index contributed by atoms with van der Waals surface area (Å²) in [6.45, 7) is 1.97. The third kappa shape index (κ3) is 3.09. The minimum atomic E-state index is -0.221. The van der Waals surface area contributed by atoms with Crippen LogP contribution in [0.25, 0.3) is 10.9 Å². The fourth-order valence-corrected chi connectivity index (χ4v) is 2.10. The number of nitrogens with zero attached hydrogens (tertiary/aromatic N) is 1. The number of esters is 1. The highest BCUT2D eigenvalue weighted by atomic mass is 16.5. The van der Waals surface area contributed by atoms with Crippen LogP contribution in [0.15, 0.2) is 30.3 Å². The van der Waals surface area contributed by atoms with Gasteiger partial charge in [0, 0.05) is 17.1 Å². The van der Waals surface area contributed by atoms with Gasteiger partial charge < -0.3 is 10.1 Å². The van der Waals surface area contributed by atoms with Crippen LogP contribution < -0.4 is 5.32 Å². The van der Waals surface area contributed by atoms with Gasteiger partial charge in [0.15, 0.2) is 0 Å². The Morgan fingerprint density at radius 3 is 2.84 bits per heavy atom. The van der Waals surface area contributed by atoms with Gasteiger partial charge in [0.05, 0.1) is 19.0 Å². The molecule has 1 atom stereocenters. The third-order valence-electron chi connectivity index (χ3n) is 3.20. The number of nitrogens with one attached hydrogen (secondary N) is 1. The summed E-state index contributed by atoms with van der Waals surface area (Å²) in [6.07, 6.45) is 0.317. The molecule has 19 heavy (non-hydrogen) atoms. The molecule has 0 aliphatic heterocycles. The van der Waals surface area contributed by atoms with E-state index in [1.165, 1.54) is 7.11 Å². The molecular weight excluding hydrogens is 240 g/mol. The standard InChI is InChI=1S/C15H18N2O2/c1-10-4-5-11-8-12(6-7-13(11)17-10)14(16-2)9-15(18)19-3/h4-8,14,16H,9H2,1-3H3. The molecule has 0 amide bonds. The van der Waals surface area contributed by atoms with Crippen LogP contribution in [0.4, 0.5) is 0 Å². The number of benzene rings is 1. The Morgan fingerprint density at radius 1 is 1.37 bits per heavy atom. The molecule has 0 saturated heterocycles. The molecule has 4 nitrogen and oxygen atoms in total. The molecule has 1 unspecified atom stereocenters. The van der Waals surface area contributed by atoms with Crippen molar-refractivity contribution in [1.82, 2.24) is 10.3 Å². The number of aryl methyl sites for hydroxylation is 1. The Kier molecular flexibility index (Phi) is 4.12. The second kappa shape index (κ2) is 5.80. The summed E-state index contributed by atoms with van der Waals surface area (Å²) >= 11 is 0. The van der Waals surface area contributed by atoms with Crippen molar-refractivity contribution in [2.45, 2.75) is 19.4 Å². The van der Waals surface area contributed by atoms with Gasteiger partial charge in [-0.1, -0.05) is 12.1 Å². The first-order chi connectivity index (χ1) is 9.13. The van der Waals surface area contributed by atoms with Crippen molar-refractivity contribution in [2.75, 3.05) is 14.2 Å². The number of hydrogen-bond acceptors (Lipinski definition) is 4. The fourth-order valence-electron chi connectivity index (χ4n) is 2.10. The van der Waals surface area contributed by atoms with Crippen molar-refractivity contribution >= 4 is 16.9 Å². The zero-order chi connectivity index (χ0) is 13.8. The summed E-state index contributed by atoms with van der Waals surface area (Å²) < 4.78 is 4.72. The van der Waals surface area contributed by atoms with Gasteiger partial charge in [0.25, 0.3) is 0 Å². The van der Waals surface area contributed by atoms with Crippen molar-refractivity contribution in [2.24, 2.45) is 0 Å². The molecular formula is C15H18N2O2. The van der Waals surface area contributed by atoms with E-state index in [0.717, 1.165) is 22.2 Å². The number of rotatable bonds is 4. The van der Waals surface area contributed by atoms with Crippen LogP contribution >= 0.6 is 0 Å². The van der Waals surface area contributed by atoms with Crippen LogP contribution in [0, 0.1) is 6.92 Å². The number of hydrogen-bond donors (Lipinski definition) is 1. The van der Waals surface area contributed by atoms with Crippen LogP contribution in [0.2, 0.25) is 0 Å². The number of pyridine rings is 1. The summed E-state index contributed by atoms with van der Waals surface area (Å²) in [5, 5.41) is 4.22. The molecule has 2 aromatic rings. The summed E-state index contributed by atoms with van der Waals surface area (Å²) in [6, 6.07) is 10.0. The molecule has 0 spiro atoms. The molecule has 1 N–H and O–H groups in total. The lowest BCUT2D eigenvalue weighted by Gasteiger charge is -2.15. The van der Waals surface area contributed by atoms with Gasteiger partial charge in [-0.25, -0.2) is 0 Å². The van der Waals surface area contributed by atoms with Crippen LogP contribution in [0.3, 0.4) is 0 Å². The Balaban J connectivity index is 2.33. The Bertz CT molecular complexity index is 596. The molecule has 0 saturated carbocycles. The van der Waals surface area contributed by atoms with E-state index in [9.17, 15) is 4.79 Å². The zero-order valence-electron chi connectivity index (χ0n) is 11.4. The lowest BCUT2D eigenvalue weighted by Crippen LogP contribution is -2.20. The van der Waals surface area contributed by atoms with Crippen LogP contribution in [-0.2, 0) is 9.53 Å².